The molecule has 136 valence electrons. The molecule has 0 fully saturated rings. The minimum absolute atomic E-state index is 0.0291. The van der Waals surface area contributed by atoms with Gasteiger partial charge in [0.05, 0.1) is 24.7 Å². The highest BCUT2D eigenvalue weighted by atomic mass is 32.2. The van der Waals surface area contributed by atoms with E-state index in [1.54, 1.807) is 24.7 Å². The number of aliphatic imine (C=N–C) groups is 1. The van der Waals surface area contributed by atoms with Crippen LogP contribution in [0.25, 0.3) is 10.1 Å². The lowest BCUT2D eigenvalue weighted by Gasteiger charge is -2.08. The molecule has 0 amide bonds. The number of rotatable bonds is 7. The summed E-state index contributed by atoms with van der Waals surface area (Å²) in [4.78, 5) is 4.38. The zero-order valence-corrected chi connectivity index (χ0v) is 16.4. The molecule has 3 rings (SSSR count). The molecule has 1 aromatic heterocycles. The smallest absolute Gasteiger partial charge is 0.156 e. The van der Waals surface area contributed by atoms with Crippen LogP contribution >= 0.6 is 11.3 Å². The van der Waals surface area contributed by atoms with Gasteiger partial charge in [0.25, 0.3) is 0 Å². The molecule has 26 heavy (non-hydrogen) atoms. The van der Waals surface area contributed by atoms with E-state index in [1.807, 2.05) is 60.8 Å². The van der Waals surface area contributed by atoms with Crippen LogP contribution in [0.15, 0.2) is 58.9 Å². The Hall–Kier alpha value is -2.18. The van der Waals surface area contributed by atoms with Crippen molar-refractivity contribution in [2.45, 2.75) is 18.7 Å². The molecule has 4 nitrogen and oxygen atoms in total. The topological polar surface area (TPSA) is 55.7 Å². The second-order valence-corrected chi connectivity index (χ2v) is 9.30. The summed E-state index contributed by atoms with van der Waals surface area (Å²) < 4.78 is 31.3. The standard InChI is InChI=1S/C20H21NO3S2/c1-15(21-12-16-3-6-19(24-2)7-4-16)13-26(22,23)14-17-5-8-20-18(11-17)9-10-25-20/h3-12,15H,13-14H2,1-2H3/b21-12+/t15-/m0/s1. The summed E-state index contributed by atoms with van der Waals surface area (Å²) in [5.41, 5.74) is 1.74. The highest BCUT2D eigenvalue weighted by molar-refractivity contribution is 7.90. The van der Waals surface area contributed by atoms with Crippen LogP contribution in [0.2, 0.25) is 0 Å². The van der Waals surface area contributed by atoms with Gasteiger partial charge in [0.2, 0.25) is 0 Å². The molecule has 0 saturated heterocycles. The summed E-state index contributed by atoms with van der Waals surface area (Å²) >= 11 is 1.65. The Morgan fingerprint density at radius 3 is 2.65 bits per heavy atom. The Balaban J connectivity index is 1.62. The first-order valence-electron chi connectivity index (χ1n) is 8.29. The largest absolute Gasteiger partial charge is 0.497 e. The van der Waals surface area contributed by atoms with Gasteiger partial charge >= 0.3 is 0 Å². The maximum Gasteiger partial charge on any atom is 0.156 e. The number of methoxy groups -OCH3 is 1. The third kappa shape index (κ3) is 4.93. The summed E-state index contributed by atoms with van der Waals surface area (Å²) in [5, 5.41) is 3.10. The van der Waals surface area contributed by atoms with Crippen LogP contribution in [-0.2, 0) is 15.6 Å². The molecule has 0 unspecified atom stereocenters. The van der Waals surface area contributed by atoms with E-state index in [0.29, 0.717) is 0 Å². The molecule has 0 spiro atoms. The Labute approximate surface area is 158 Å². The fourth-order valence-corrected chi connectivity index (χ4v) is 5.13. The number of sulfone groups is 1. The number of hydrogen-bond donors (Lipinski definition) is 0. The Morgan fingerprint density at radius 1 is 1.15 bits per heavy atom. The van der Waals surface area contributed by atoms with Crippen molar-refractivity contribution in [3.8, 4) is 5.75 Å². The van der Waals surface area contributed by atoms with E-state index in [4.69, 9.17) is 4.74 Å². The van der Waals surface area contributed by atoms with Gasteiger partial charge in [-0.25, -0.2) is 8.42 Å². The number of thiophene rings is 1. The van der Waals surface area contributed by atoms with Crippen molar-refractivity contribution < 1.29 is 13.2 Å². The fraction of sp³-hybridized carbons (Fsp3) is 0.250. The second kappa shape index (κ2) is 8.01. The summed E-state index contributed by atoms with van der Waals surface area (Å²) in [6.45, 7) is 1.82. The zero-order valence-electron chi connectivity index (χ0n) is 14.8. The Bertz CT molecular complexity index is 1000. The lowest BCUT2D eigenvalue weighted by atomic mass is 10.2. The van der Waals surface area contributed by atoms with E-state index >= 15 is 0 Å². The fourth-order valence-electron chi connectivity index (χ4n) is 2.73. The predicted octanol–water partition coefficient (Wildman–Crippen LogP) is 4.33. The van der Waals surface area contributed by atoms with Crippen LogP contribution in [0.1, 0.15) is 18.1 Å². The number of fused-ring (bicyclic) bond motifs is 1. The molecule has 0 saturated carbocycles. The van der Waals surface area contributed by atoms with Gasteiger partial charge in [0, 0.05) is 10.9 Å². The highest BCUT2D eigenvalue weighted by Gasteiger charge is 2.16. The van der Waals surface area contributed by atoms with Gasteiger partial charge in [-0.1, -0.05) is 6.07 Å². The summed E-state index contributed by atoms with van der Waals surface area (Å²) in [7, 11) is -1.61. The van der Waals surface area contributed by atoms with E-state index in [1.165, 1.54) is 4.70 Å². The van der Waals surface area contributed by atoms with Gasteiger partial charge in [-0.3, -0.25) is 4.99 Å². The molecule has 0 radical (unpaired) electrons. The summed E-state index contributed by atoms with van der Waals surface area (Å²) in [5.74, 6) is 0.850. The minimum atomic E-state index is -3.23. The normalized spacial score (nSPS) is 13.3. The number of benzene rings is 2. The first kappa shape index (κ1) is 18.6. The molecular formula is C20H21NO3S2. The molecule has 6 heteroatoms. The number of hydrogen-bond acceptors (Lipinski definition) is 5. The zero-order chi connectivity index (χ0) is 18.6. The number of ether oxygens (including phenoxy) is 1. The second-order valence-electron chi connectivity index (χ2n) is 6.25. The van der Waals surface area contributed by atoms with Gasteiger partial charge in [0.1, 0.15) is 5.75 Å². The monoisotopic (exact) mass is 387 g/mol. The number of nitrogens with zero attached hydrogens (tertiary/aromatic N) is 1. The Morgan fingerprint density at radius 2 is 1.92 bits per heavy atom. The van der Waals surface area contributed by atoms with Gasteiger partial charge in [-0.05, 0) is 71.3 Å². The summed E-state index contributed by atoms with van der Waals surface area (Å²) in [6.07, 6.45) is 1.71. The van der Waals surface area contributed by atoms with Crippen LogP contribution < -0.4 is 4.74 Å². The van der Waals surface area contributed by atoms with Crippen LogP contribution in [0.5, 0.6) is 5.75 Å². The quantitative estimate of drug-likeness (QED) is 0.567. The molecule has 2 aromatic carbocycles. The summed E-state index contributed by atoms with van der Waals surface area (Å²) in [6, 6.07) is 15.0. The third-order valence-corrected chi connectivity index (χ3v) is 6.65. The van der Waals surface area contributed by atoms with Gasteiger partial charge in [-0.15, -0.1) is 11.3 Å². The molecular weight excluding hydrogens is 366 g/mol. The molecule has 0 aliphatic rings. The van der Waals surface area contributed by atoms with Crippen molar-refractivity contribution in [3.63, 3.8) is 0 Å². The third-order valence-electron chi connectivity index (χ3n) is 3.99. The molecule has 0 aliphatic heterocycles. The molecule has 0 N–H and O–H groups in total. The van der Waals surface area contributed by atoms with Crippen LogP contribution in [0.3, 0.4) is 0 Å². The van der Waals surface area contributed by atoms with E-state index in [9.17, 15) is 8.42 Å². The maximum absolute atomic E-state index is 12.5. The minimum Gasteiger partial charge on any atom is -0.497 e. The SMILES string of the molecule is COc1ccc(/C=N/[C@@H](C)CS(=O)(=O)Cc2ccc3sccc3c2)cc1. The van der Waals surface area contributed by atoms with Crippen molar-refractivity contribution in [1.29, 1.82) is 0 Å². The van der Waals surface area contributed by atoms with Crippen molar-refractivity contribution in [1.82, 2.24) is 0 Å². The average Bonchev–Trinajstić information content (AvgIpc) is 3.07. The van der Waals surface area contributed by atoms with Crippen molar-refractivity contribution in [3.05, 3.63) is 65.0 Å². The lowest BCUT2D eigenvalue weighted by Crippen LogP contribution is -2.18. The van der Waals surface area contributed by atoms with Crippen LogP contribution in [-0.4, -0.2) is 33.5 Å². The average molecular weight is 388 g/mol. The molecule has 0 bridgehead atoms. The van der Waals surface area contributed by atoms with E-state index in [0.717, 1.165) is 22.3 Å². The van der Waals surface area contributed by atoms with Gasteiger partial charge < -0.3 is 4.74 Å². The molecule has 1 atom stereocenters. The molecule has 0 aliphatic carbocycles. The molecule has 3 aromatic rings. The van der Waals surface area contributed by atoms with Crippen LogP contribution in [0.4, 0.5) is 0 Å². The van der Waals surface area contributed by atoms with Crippen LogP contribution in [0, 0.1) is 0 Å². The van der Waals surface area contributed by atoms with Gasteiger partial charge in [0.15, 0.2) is 9.84 Å². The van der Waals surface area contributed by atoms with E-state index < -0.39 is 9.84 Å². The first-order chi connectivity index (χ1) is 12.4. The molecule has 1 heterocycles. The van der Waals surface area contributed by atoms with Crippen molar-refractivity contribution >= 4 is 37.5 Å². The van der Waals surface area contributed by atoms with E-state index in [-0.39, 0.29) is 17.5 Å². The van der Waals surface area contributed by atoms with E-state index in [2.05, 4.69) is 4.99 Å². The maximum atomic E-state index is 12.5. The van der Waals surface area contributed by atoms with Crippen molar-refractivity contribution in [2.24, 2.45) is 4.99 Å². The van der Waals surface area contributed by atoms with Crippen molar-refractivity contribution in [2.75, 3.05) is 12.9 Å². The predicted molar refractivity (Wildman–Crippen MR) is 109 cm³/mol. The highest BCUT2D eigenvalue weighted by Crippen LogP contribution is 2.23. The van der Waals surface area contributed by atoms with Gasteiger partial charge in [-0.2, -0.15) is 0 Å². The Kier molecular flexibility index (Phi) is 5.74. The lowest BCUT2D eigenvalue weighted by molar-refractivity contribution is 0.415. The first-order valence-corrected chi connectivity index (χ1v) is 11.0.